The second-order valence-corrected chi connectivity index (χ2v) is 7.84. The summed E-state index contributed by atoms with van der Waals surface area (Å²) in [6.07, 6.45) is 3.49. The molecule has 0 N–H and O–H groups in total. The summed E-state index contributed by atoms with van der Waals surface area (Å²) < 4.78 is 8.26. The van der Waals surface area contributed by atoms with Crippen molar-refractivity contribution in [1.82, 2.24) is 9.47 Å². The first-order chi connectivity index (χ1) is 12.9. The van der Waals surface area contributed by atoms with Gasteiger partial charge in [-0.1, -0.05) is 30.3 Å². The molecule has 1 spiro atoms. The third-order valence-electron chi connectivity index (χ3n) is 5.54. The molecule has 138 valence electrons. The van der Waals surface area contributed by atoms with E-state index in [9.17, 15) is 9.59 Å². The zero-order valence-electron chi connectivity index (χ0n) is 15.3. The lowest BCUT2D eigenvalue weighted by atomic mass is 9.75. The number of benzene rings is 1. The minimum absolute atomic E-state index is 0.0329. The second-order valence-electron chi connectivity index (χ2n) is 6.76. The molecule has 1 amide bonds. The molecule has 0 saturated carbocycles. The van der Waals surface area contributed by atoms with Gasteiger partial charge in [0.2, 0.25) is 0 Å². The molecule has 0 radical (unpaired) electrons. The molecule has 2 heterocycles. The van der Waals surface area contributed by atoms with Crippen molar-refractivity contribution in [2.24, 2.45) is 7.05 Å². The van der Waals surface area contributed by atoms with Crippen LogP contribution in [0.15, 0.2) is 56.9 Å². The van der Waals surface area contributed by atoms with Crippen LogP contribution in [0.4, 0.5) is 0 Å². The van der Waals surface area contributed by atoms with Crippen LogP contribution in [-0.4, -0.2) is 35.1 Å². The summed E-state index contributed by atoms with van der Waals surface area (Å²) in [5.41, 5.74) is 2.76. The van der Waals surface area contributed by atoms with E-state index >= 15 is 0 Å². The summed E-state index contributed by atoms with van der Waals surface area (Å²) in [5, 5.41) is 0. The number of halogens is 1. The highest BCUT2D eigenvalue weighted by molar-refractivity contribution is 14.1. The molecule has 0 bridgehead atoms. The molecule has 1 aromatic heterocycles. The van der Waals surface area contributed by atoms with Crippen molar-refractivity contribution in [2.45, 2.75) is 11.6 Å². The smallest absolute Gasteiger partial charge is 0.261 e. The Hall–Kier alpha value is -2.19. The molecule has 0 unspecified atom stereocenters. The van der Waals surface area contributed by atoms with E-state index < -0.39 is 11.6 Å². The van der Waals surface area contributed by atoms with E-state index in [2.05, 4.69) is 22.6 Å². The van der Waals surface area contributed by atoms with Crippen molar-refractivity contribution in [2.75, 3.05) is 14.2 Å². The van der Waals surface area contributed by atoms with Crippen LogP contribution in [0.2, 0.25) is 0 Å². The van der Waals surface area contributed by atoms with E-state index in [4.69, 9.17) is 4.74 Å². The molecule has 4 rings (SSSR count). The molecule has 2 aromatic rings. The van der Waals surface area contributed by atoms with Gasteiger partial charge in [0.05, 0.1) is 3.58 Å². The van der Waals surface area contributed by atoms with Crippen molar-refractivity contribution >= 4 is 40.1 Å². The molecular weight excluding hydrogens is 455 g/mol. The summed E-state index contributed by atoms with van der Waals surface area (Å²) in [6, 6.07) is 13.3. The number of hydrogen-bond donors (Lipinski definition) is 0. The quantitative estimate of drug-likeness (QED) is 0.629. The van der Waals surface area contributed by atoms with Gasteiger partial charge >= 0.3 is 0 Å². The SMILES string of the molecule is CO[C@@H]1c2ccc(=O)n(C)c2C=C[C@@]12C(c1ccccc1)=C(I)C(=O)N2C. The summed E-state index contributed by atoms with van der Waals surface area (Å²) in [4.78, 5) is 26.8. The number of rotatable bonds is 2. The van der Waals surface area contributed by atoms with Crippen molar-refractivity contribution in [3.05, 3.63) is 79.3 Å². The third-order valence-corrected chi connectivity index (χ3v) is 6.54. The van der Waals surface area contributed by atoms with Gasteiger partial charge in [-0.05, 0) is 46.4 Å². The van der Waals surface area contributed by atoms with E-state index in [1.54, 1.807) is 36.7 Å². The Kier molecular flexibility index (Phi) is 4.35. The number of methoxy groups -OCH3 is 1. The topological polar surface area (TPSA) is 51.5 Å². The van der Waals surface area contributed by atoms with Gasteiger partial charge in [0.15, 0.2) is 0 Å². The first-order valence-corrected chi connectivity index (χ1v) is 9.67. The lowest BCUT2D eigenvalue weighted by Gasteiger charge is -2.44. The van der Waals surface area contributed by atoms with Gasteiger partial charge in [0, 0.05) is 44.1 Å². The normalized spacial score (nSPS) is 24.1. The highest BCUT2D eigenvalue weighted by Gasteiger charge is 2.55. The Morgan fingerprint density at radius 1 is 1.07 bits per heavy atom. The van der Waals surface area contributed by atoms with Gasteiger partial charge in [-0.2, -0.15) is 0 Å². The first-order valence-electron chi connectivity index (χ1n) is 8.59. The Morgan fingerprint density at radius 3 is 2.44 bits per heavy atom. The number of ether oxygens (including phenoxy) is 1. The maximum Gasteiger partial charge on any atom is 0.261 e. The highest BCUT2D eigenvalue weighted by atomic mass is 127. The Balaban J connectivity index is 2.02. The predicted octanol–water partition coefficient (Wildman–Crippen LogP) is 3.16. The Bertz CT molecular complexity index is 1050. The highest BCUT2D eigenvalue weighted by Crippen LogP contribution is 2.54. The van der Waals surface area contributed by atoms with Gasteiger partial charge in [-0.15, -0.1) is 0 Å². The van der Waals surface area contributed by atoms with Crippen LogP contribution >= 0.6 is 22.6 Å². The number of nitrogens with zero attached hydrogens (tertiary/aromatic N) is 2. The summed E-state index contributed by atoms with van der Waals surface area (Å²) in [6.45, 7) is 0. The van der Waals surface area contributed by atoms with E-state index in [-0.39, 0.29) is 11.5 Å². The molecule has 0 saturated heterocycles. The van der Waals surface area contributed by atoms with Crippen molar-refractivity contribution < 1.29 is 9.53 Å². The lowest BCUT2D eigenvalue weighted by Crippen LogP contribution is -2.51. The van der Waals surface area contributed by atoms with Crippen LogP contribution < -0.4 is 5.56 Å². The number of fused-ring (bicyclic) bond motifs is 1. The fourth-order valence-corrected chi connectivity index (χ4v) is 5.27. The average molecular weight is 474 g/mol. The number of aromatic nitrogens is 1. The molecule has 0 fully saturated rings. The van der Waals surface area contributed by atoms with E-state index in [1.165, 1.54) is 0 Å². The molecule has 1 aromatic carbocycles. The number of likely N-dealkylation sites (N-methyl/N-ethyl adjacent to an activating group) is 1. The second kappa shape index (κ2) is 6.45. The molecule has 2 aliphatic rings. The number of hydrogen-bond acceptors (Lipinski definition) is 3. The summed E-state index contributed by atoms with van der Waals surface area (Å²) in [5.74, 6) is -0.0329. The average Bonchev–Trinajstić information content (AvgIpc) is 2.87. The maximum absolute atomic E-state index is 13.0. The van der Waals surface area contributed by atoms with Crippen molar-refractivity contribution in [1.29, 1.82) is 0 Å². The number of carbonyl (C=O) groups is 1. The van der Waals surface area contributed by atoms with Gasteiger partial charge in [-0.3, -0.25) is 9.59 Å². The minimum Gasteiger partial charge on any atom is -0.373 e. The largest absolute Gasteiger partial charge is 0.373 e. The van der Waals surface area contributed by atoms with Crippen LogP contribution in [0, 0.1) is 0 Å². The van der Waals surface area contributed by atoms with Crippen LogP contribution in [0.3, 0.4) is 0 Å². The maximum atomic E-state index is 13.0. The monoisotopic (exact) mass is 474 g/mol. The van der Waals surface area contributed by atoms with Crippen LogP contribution in [-0.2, 0) is 16.6 Å². The standard InChI is InChI=1S/C21H19IN2O3/c1-23-15-11-12-21(19(27-3)14(15)9-10-16(23)25)17(13-7-5-4-6-8-13)18(22)20(26)24(21)2/h4-12,19H,1-3H3/t19-,21-/m1/s1. The Labute approximate surface area is 171 Å². The summed E-state index contributed by atoms with van der Waals surface area (Å²) in [7, 11) is 5.20. The van der Waals surface area contributed by atoms with Crippen LogP contribution in [0.1, 0.15) is 22.9 Å². The van der Waals surface area contributed by atoms with Gasteiger partial charge in [0.1, 0.15) is 11.6 Å². The zero-order chi connectivity index (χ0) is 19.3. The van der Waals surface area contributed by atoms with Gasteiger partial charge < -0.3 is 14.2 Å². The predicted molar refractivity (Wildman–Crippen MR) is 113 cm³/mol. The number of pyridine rings is 1. The van der Waals surface area contributed by atoms with E-state index in [1.807, 2.05) is 48.6 Å². The van der Waals surface area contributed by atoms with Crippen molar-refractivity contribution in [3.8, 4) is 0 Å². The van der Waals surface area contributed by atoms with Gasteiger partial charge in [-0.25, -0.2) is 0 Å². The molecule has 2 atom stereocenters. The fraction of sp³-hybridized carbons (Fsp3) is 0.238. The minimum atomic E-state index is -0.770. The molecule has 1 aliphatic carbocycles. The molecule has 5 nitrogen and oxygen atoms in total. The number of amides is 1. The van der Waals surface area contributed by atoms with Crippen LogP contribution in [0.5, 0.6) is 0 Å². The van der Waals surface area contributed by atoms with Gasteiger partial charge in [0.25, 0.3) is 11.5 Å². The lowest BCUT2D eigenvalue weighted by molar-refractivity contribution is -0.129. The summed E-state index contributed by atoms with van der Waals surface area (Å²) >= 11 is 2.13. The zero-order valence-corrected chi connectivity index (χ0v) is 17.4. The first kappa shape index (κ1) is 18.2. The molecular formula is C21H19IN2O3. The molecule has 1 aliphatic heterocycles. The number of carbonyl (C=O) groups excluding carboxylic acids is 1. The van der Waals surface area contributed by atoms with Crippen molar-refractivity contribution in [3.63, 3.8) is 0 Å². The Morgan fingerprint density at radius 2 is 1.78 bits per heavy atom. The molecule has 6 heteroatoms. The molecule has 27 heavy (non-hydrogen) atoms. The fourth-order valence-electron chi connectivity index (χ4n) is 4.17. The van der Waals surface area contributed by atoms with E-state index in [0.29, 0.717) is 3.58 Å². The third kappa shape index (κ3) is 2.39. The van der Waals surface area contributed by atoms with E-state index in [0.717, 1.165) is 22.4 Å². The van der Waals surface area contributed by atoms with Crippen LogP contribution in [0.25, 0.3) is 11.6 Å².